The number of rotatable bonds is 2. The zero-order valence-corrected chi connectivity index (χ0v) is 12.4. The fourth-order valence-corrected chi connectivity index (χ4v) is 4.63. The minimum absolute atomic E-state index is 0.630. The molecule has 1 spiro atoms. The predicted molar refractivity (Wildman–Crippen MR) is 84.1 cm³/mol. The Morgan fingerprint density at radius 2 is 1.80 bits per heavy atom. The minimum atomic E-state index is 0.630. The van der Waals surface area contributed by atoms with Crippen LogP contribution in [-0.2, 0) is 6.42 Å². The van der Waals surface area contributed by atoms with Crippen molar-refractivity contribution in [1.29, 1.82) is 0 Å². The number of nitrogens with one attached hydrogen (secondary N) is 1. The van der Waals surface area contributed by atoms with Gasteiger partial charge in [-0.25, -0.2) is 0 Å². The normalized spacial score (nSPS) is 28.5. The molecule has 1 saturated heterocycles. The summed E-state index contributed by atoms with van der Waals surface area (Å²) in [7, 11) is 0. The van der Waals surface area contributed by atoms with Crippen molar-refractivity contribution in [2.75, 3.05) is 25.0 Å². The molecule has 108 valence electrons. The Labute approximate surface area is 122 Å². The van der Waals surface area contributed by atoms with E-state index in [9.17, 15) is 0 Å². The van der Waals surface area contributed by atoms with Crippen molar-refractivity contribution in [2.24, 2.45) is 5.41 Å². The van der Waals surface area contributed by atoms with Gasteiger partial charge in [0.1, 0.15) is 0 Å². The van der Waals surface area contributed by atoms with Gasteiger partial charge in [-0.05, 0) is 62.2 Å². The Bertz CT molecular complexity index is 441. The van der Waals surface area contributed by atoms with Crippen LogP contribution in [0.5, 0.6) is 0 Å². The summed E-state index contributed by atoms with van der Waals surface area (Å²) in [5.74, 6) is 0. The SMILES string of the molecule is c1ccc2c(c1)CC(CN1CCC3(CCCC3)CC1)N2. The first kappa shape index (κ1) is 12.7. The molecule has 1 aliphatic carbocycles. The lowest BCUT2D eigenvalue weighted by Gasteiger charge is -2.40. The van der Waals surface area contributed by atoms with E-state index in [0.717, 1.165) is 5.41 Å². The number of piperidine rings is 1. The molecule has 3 aliphatic rings. The number of likely N-dealkylation sites (tertiary alicyclic amines) is 1. The highest BCUT2D eigenvalue weighted by Crippen LogP contribution is 2.46. The molecule has 0 radical (unpaired) electrons. The van der Waals surface area contributed by atoms with Crippen molar-refractivity contribution in [1.82, 2.24) is 4.90 Å². The molecule has 4 rings (SSSR count). The molecular formula is C18H26N2. The number of hydrogen-bond acceptors (Lipinski definition) is 2. The second-order valence-corrected chi connectivity index (χ2v) is 7.21. The zero-order chi connectivity index (χ0) is 13.4. The van der Waals surface area contributed by atoms with Gasteiger partial charge in [0.25, 0.3) is 0 Å². The summed E-state index contributed by atoms with van der Waals surface area (Å²) in [6.45, 7) is 3.88. The van der Waals surface area contributed by atoms with Crippen molar-refractivity contribution in [3.8, 4) is 0 Å². The molecule has 20 heavy (non-hydrogen) atoms. The molecule has 2 fully saturated rings. The summed E-state index contributed by atoms with van der Waals surface area (Å²) in [6.07, 6.45) is 10.1. The van der Waals surface area contributed by atoms with E-state index in [-0.39, 0.29) is 0 Å². The largest absolute Gasteiger partial charge is 0.380 e. The molecule has 1 unspecified atom stereocenters. The first-order valence-electron chi connectivity index (χ1n) is 8.40. The van der Waals surface area contributed by atoms with Gasteiger partial charge in [-0.1, -0.05) is 31.0 Å². The Hall–Kier alpha value is -1.02. The maximum Gasteiger partial charge on any atom is 0.0429 e. The minimum Gasteiger partial charge on any atom is -0.380 e. The number of nitrogens with zero attached hydrogens (tertiary/aromatic N) is 1. The van der Waals surface area contributed by atoms with Gasteiger partial charge in [0.05, 0.1) is 0 Å². The van der Waals surface area contributed by atoms with E-state index >= 15 is 0 Å². The van der Waals surface area contributed by atoms with Crippen molar-refractivity contribution in [3.63, 3.8) is 0 Å². The maximum absolute atomic E-state index is 3.70. The van der Waals surface area contributed by atoms with Crippen LogP contribution in [0.4, 0.5) is 5.69 Å². The Kier molecular flexibility index (Phi) is 3.22. The quantitative estimate of drug-likeness (QED) is 0.882. The highest BCUT2D eigenvalue weighted by Gasteiger charge is 2.37. The van der Waals surface area contributed by atoms with Crippen LogP contribution in [0, 0.1) is 5.41 Å². The second kappa shape index (κ2) is 5.07. The summed E-state index contributed by atoms with van der Waals surface area (Å²) in [5, 5.41) is 3.70. The number of hydrogen-bond donors (Lipinski definition) is 1. The Balaban J connectivity index is 1.31. The van der Waals surface area contributed by atoms with Crippen molar-refractivity contribution in [3.05, 3.63) is 29.8 Å². The molecule has 0 aromatic heterocycles. The van der Waals surface area contributed by atoms with Crippen molar-refractivity contribution < 1.29 is 0 Å². The molecule has 2 heteroatoms. The molecule has 0 amide bonds. The van der Waals surface area contributed by atoms with Crippen LogP contribution >= 0.6 is 0 Å². The lowest BCUT2D eigenvalue weighted by Crippen LogP contribution is -2.43. The molecule has 0 bridgehead atoms. The number of anilines is 1. The van der Waals surface area contributed by atoms with Gasteiger partial charge in [0, 0.05) is 18.3 Å². The third-order valence-corrected chi connectivity index (χ3v) is 5.90. The van der Waals surface area contributed by atoms with E-state index in [4.69, 9.17) is 0 Å². The zero-order valence-electron chi connectivity index (χ0n) is 12.4. The van der Waals surface area contributed by atoms with Crippen LogP contribution in [-0.4, -0.2) is 30.6 Å². The summed E-state index contributed by atoms with van der Waals surface area (Å²) in [6, 6.07) is 9.42. The highest BCUT2D eigenvalue weighted by molar-refractivity contribution is 5.56. The molecule has 1 saturated carbocycles. The Morgan fingerprint density at radius 1 is 1.05 bits per heavy atom. The third kappa shape index (κ3) is 2.35. The fraction of sp³-hybridized carbons (Fsp3) is 0.667. The fourth-order valence-electron chi connectivity index (χ4n) is 4.63. The van der Waals surface area contributed by atoms with Gasteiger partial charge >= 0.3 is 0 Å². The smallest absolute Gasteiger partial charge is 0.0429 e. The van der Waals surface area contributed by atoms with Gasteiger partial charge in [-0.3, -0.25) is 0 Å². The maximum atomic E-state index is 3.70. The molecule has 2 nitrogen and oxygen atoms in total. The first-order valence-corrected chi connectivity index (χ1v) is 8.40. The Morgan fingerprint density at radius 3 is 2.55 bits per heavy atom. The van der Waals surface area contributed by atoms with Gasteiger partial charge in [-0.15, -0.1) is 0 Å². The molecule has 2 aliphatic heterocycles. The van der Waals surface area contributed by atoms with Crippen LogP contribution in [0.1, 0.15) is 44.1 Å². The molecule has 1 aromatic carbocycles. The van der Waals surface area contributed by atoms with E-state index in [1.165, 1.54) is 75.8 Å². The number of para-hydroxylation sites is 1. The molecule has 2 heterocycles. The third-order valence-electron chi connectivity index (χ3n) is 5.90. The number of benzene rings is 1. The van der Waals surface area contributed by atoms with E-state index in [1.54, 1.807) is 0 Å². The summed E-state index contributed by atoms with van der Waals surface area (Å²) < 4.78 is 0. The average molecular weight is 270 g/mol. The van der Waals surface area contributed by atoms with Crippen molar-refractivity contribution >= 4 is 5.69 Å². The predicted octanol–water partition coefficient (Wildman–Crippen LogP) is 3.68. The average Bonchev–Trinajstić information content (AvgIpc) is 3.08. The van der Waals surface area contributed by atoms with Crippen LogP contribution in [0.15, 0.2) is 24.3 Å². The molecule has 1 N–H and O–H groups in total. The van der Waals surface area contributed by atoms with Crippen LogP contribution < -0.4 is 5.32 Å². The monoisotopic (exact) mass is 270 g/mol. The number of fused-ring (bicyclic) bond motifs is 1. The first-order chi connectivity index (χ1) is 9.83. The molecule has 1 atom stereocenters. The van der Waals surface area contributed by atoms with Crippen LogP contribution in [0.25, 0.3) is 0 Å². The lowest BCUT2D eigenvalue weighted by molar-refractivity contribution is 0.106. The lowest BCUT2D eigenvalue weighted by atomic mass is 9.77. The van der Waals surface area contributed by atoms with Crippen molar-refractivity contribution in [2.45, 2.75) is 51.0 Å². The van der Waals surface area contributed by atoms with E-state index < -0.39 is 0 Å². The van der Waals surface area contributed by atoms with Gasteiger partial charge in [0.2, 0.25) is 0 Å². The van der Waals surface area contributed by atoms with Gasteiger partial charge in [0.15, 0.2) is 0 Å². The van der Waals surface area contributed by atoms with Gasteiger partial charge in [-0.2, -0.15) is 0 Å². The second-order valence-electron chi connectivity index (χ2n) is 7.21. The van der Waals surface area contributed by atoms with Crippen LogP contribution in [0.3, 0.4) is 0 Å². The summed E-state index contributed by atoms with van der Waals surface area (Å²) in [4.78, 5) is 2.70. The molecular weight excluding hydrogens is 244 g/mol. The molecule has 1 aromatic rings. The van der Waals surface area contributed by atoms with E-state index in [2.05, 4.69) is 34.5 Å². The standard InChI is InChI=1S/C18H26N2/c1-2-6-17-15(5-1)13-16(19-17)14-20-11-9-18(10-12-20)7-3-4-8-18/h1-2,5-6,16,19H,3-4,7-14H2. The van der Waals surface area contributed by atoms with E-state index in [1.807, 2.05) is 0 Å². The van der Waals surface area contributed by atoms with Gasteiger partial charge < -0.3 is 10.2 Å². The van der Waals surface area contributed by atoms with Crippen LogP contribution in [0.2, 0.25) is 0 Å². The van der Waals surface area contributed by atoms with E-state index in [0.29, 0.717) is 6.04 Å². The summed E-state index contributed by atoms with van der Waals surface area (Å²) >= 11 is 0. The highest BCUT2D eigenvalue weighted by atomic mass is 15.2. The topological polar surface area (TPSA) is 15.3 Å². The summed E-state index contributed by atoms with van der Waals surface area (Å²) in [5.41, 5.74) is 3.62.